The number of rotatable bonds is 11. The first-order valence-electron chi connectivity index (χ1n) is 10.3. The van der Waals surface area contributed by atoms with Gasteiger partial charge >= 0.3 is 22.1 Å². The quantitative estimate of drug-likeness (QED) is 0.298. The highest BCUT2D eigenvalue weighted by Crippen LogP contribution is 2.23. The van der Waals surface area contributed by atoms with Crippen LogP contribution in [-0.4, -0.2) is 46.0 Å². The van der Waals surface area contributed by atoms with Crippen LogP contribution in [0, 0.1) is 13.8 Å². The van der Waals surface area contributed by atoms with Gasteiger partial charge in [-0.1, -0.05) is 12.1 Å². The molecule has 1 N–H and O–H groups in total. The molecule has 33 heavy (non-hydrogen) atoms. The number of carbonyl (C=O) groups is 3. The van der Waals surface area contributed by atoms with Crippen LogP contribution in [0.2, 0.25) is 0 Å². The summed E-state index contributed by atoms with van der Waals surface area (Å²) in [5.41, 5.74) is 1.46. The van der Waals surface area contributed by atoms with Crippen molar-refractivity contribution >= 4 is 28.0 Å². The number of hydrogen-bond donors (Lipinski definition) is 1. The Kier molecular flexibility index (Phi) is 9.41. The van der Waals surface area contributed by atoms with Crippen LogP contribution in [0.25, 0.3) is 0 Å². The number of esters is 2. The molecule has 1 amide bonds. The summed E-state index contributed by atoms with van der Waals surface area (Å²) in [5.74, 6) is -1.56. The number of aryl methyl sites for hydroxylation is 2. The van der Waals surface area contributed by atoms with E-state index in [0.29, 0.717) is 18.6 Å². The van der Waals surface area contributed by atoms with Crippen LogP contribution in [-0.2, 0) is 29.2 Å². The van der Waals surface area contributed by atoms with Gasteiger partial charge < -0.3 is 19.0 Å². The summed E-state index contributed by atoms with van der Waals surface area (Å²) in [6, 6.07) is 10.4. The van der Waals surface area contributed by atoms with Gasteiger partial charge in [-0.15, -0.1) is 0 Å². The second-order valence-corrected chi connectivity index (χ2v) is 8.68. The number of amides is 1. The number of carbonyl (C=O) groups excluding carboxylic acids is 3. The van der Waals surface area contributed by atoms with Gasteiger partial charge in [0.1, 0.15) is 10.6 Å². The summed E-state index contributed by atoms with van der Waals surface area (Å²) in [5, 5.41) is 2.54. The number of nitrogens with one attached hydrogen (secondary N) is 1. The second-order valence-electron chi connectivity index (χ2n) is 7.17. The van der Waals surface area contributed by atoms with Crippen LogP contribution in [0.1, 0.15) is 41.3 Å². The standard InChI is InChI=1S/C23H27NO8S/c1-4-30-22(26)6-5-13-24-21(25)15-31-23(27)18-9-11-19(12-10-18)32-33(28,29)20-14-16(2)7-8-17(20)3/h7-12,14H,4-6,13,15H2,1-3H3,(H,24,25). The van der Waals surface area contributed by atoms with Crippen molar-refractivity contribution in [2.45, 2.75) is 38.5 Å². The van der Waals surface area contributed by atoms with Crippen LogP contribution in [0.5, 0.6) is 5.75 Å². The van der Waals surface area contributed by atoms with Crippen LogP contribution in [0.15, 0.2) is 47.4 Å². The molecule has 0 bridgehead atoms. The predicted molar refractivity (Wildman–Crippen MR) is 119 cm³/mol. The van der Waals surface area contributed by atoms with Gasteiger partial charge in [-0.2, -0.15) is 8.42 Å². The van der Waals surface area contributed by atoms with Crippen LogP contribution in [0.3, 0.4) is 0 Å². The SMILES string of the molecule is CCOC(=O)CCCNC(=O)COC(=O)c1ccc(OS(=O)(=O)c2cc(C)ccc2C)cc1. The molecular weight excluding hydrogens is 450 g/mol. The highest BCUT2D eigenvalue weighted by molar-refractivity contribution is 7.87. The topological polar surface area (TPSA) is 125 Å². The van der Waals surface area contributed by atoms with E-state index in [1.807, 2.05) is 0 Å². The monoisotopic (exact) mass is 477 g/mol. The summed E-state index contributed by atoms with van der Waals surface area (Å²) in [7, 11) is -4.04. The summed E-state index contributed by atoms with van der Waals surface area (Å²) in [6.07, 6.45) is 0.590. The van der Waals surface area contributed by atoms with E-state index < -0.39 is 28.6 Å². The molecule has 2 aromatic rings. The van der Waals surface area contributed by atoms with Crippen molar-refractivity contribution in [1.29, 1.82) is 0 Å². The fraction of sp³-hybridized carbons (Fsp3) is 0.348. The van der Waals surface area contributed by atoms with Crippen molar-refractivity contribution in [2.24, 2.45) is 0 Å². The minimum absolute atomic E-state index is 0.0341. The lowest BCUT2D eigenvalue weighted by atomic mass is 10.2. The van der Waals surface area contributed by atoms with E-state index in [0.717, 1.165) is 5.56 Å². The Morgan fingerprint density at radius 2 is 1.67 bits per heavy atom. The van der Waals surface area contributed by atoms with Crippen molar-refractivity contribution in [1.82, 2.24) is 5.32 Å². The normalized spacial score (nSPS) is 10.9. The average molecular weight is 478 g/mol. The minimum atomic E-state index is -4.04. The molecule has 2 rings (SSSR count). The highest BCUT2D eigenvalue weighted by Gasteiger charge is 2.20. The third-order valence-corrected chi connectivity index (χ3v) is 5.82. The molecule has 0 aliphatic heterocycles. The maximum Gasteiger partial charge on any atom is 0.339 e. The lowest BCUT2D eigenvalue weighted by Crippen LogP contribution is -2.30. The Balaban J connectivity index is 1.84. The molecule has 0 spiro atoms. The first-order chi connectivity index (χ1) is 15.6. The average Bonchev–Trinajstić information content (AvgIpc) is 2.77. The third kappa shape index (κ3) is 8.23. The van der Waals surface area contributed by atoms with Crippen LogP contribution >= 0.6 is 0 Å². The number of ether oxygens (including phenoxy) is 2. The van der Waals surface area contributed by atoms with Gasteiger partial charge in [-0.3, -0.25) is 9.59 Å². The molecule has 0 radical (unpaired) electrons. The second kappa shape index (κ2) is 12.0. The Labute approximate surface area is 193 Å². The summed E-state index contributed by atoms with van der Waals surface area (Å²) in [4.78, 5) is 35.2. The van der Waals surface area contributed by atoms with Gasteiger partial charge in [0.2, 0.25) is 0 Å². The third-order valence-electron chi connectivity index (χ3n) is 4.43. The fourth-order valence-electron chi connectivity index (χ4n) is 2.75. The molecular formula is C23H27NO8S. The molecule has 0 fully saturated rings. The molecule has 0 atom stereocenters. The molecule has 10 heteroatoms. The van der Waals surface area contributed by atoms with Crippen LogP contribution < -0.4 is 9.50 Å². The Morgan fingerprint density at radius 1 is 0.970 bits per heavy atom. The molecule has 178 valence electrons. The summed E-state index contributed by atoms with van der Waals surface area (Å²) >= 11 is 0. The molecule has 0 aromatic heterocycles. The van der Waals surface area contributed by atoms with Gasteiger partial charge in [-0.25, -0.2) is 4.79 Å². The maximum atomic E-state index is 12.6. The van der Waals surface area contributed by atoms with E-state index in [4.69, 9.17) is 13.7 Å². The van der Waals surface area contributed by atoms with Gasteiger partial charge in [0.25, 0.3) is 5.91 Å². The molecule has 0 saturated heterocycles. The van der Waals surface area contributed by atoms with Crippen molar-refractivity contribution in [3.8, 4) is 5.75 Å². The van der Waals surface area contributed by atoms with Gasteiger partial charge in [0.05, 0.1) is 12.2 Å². The Morgan fingerprint density at radius 3 is 2.33 bits per heavy atom. The first kappa shape index (κ1) is 25.9. The number of benzene rings is 2. The molecule has 0 aliphatic carbocycles. The molecule has 0 heterocycles. The summed E-state index contributed by atoms with van der Waals surface area (Å²) < 4.78 is 40.0. The zero-order valence-corrected chi connectivity index (χ0v) is 19.6. The fourth-order valence-corrected chi connectivity index (χ4v) is 4.00. The smallest absolute Gasteiger partial charge is 0.339 e. The van der Waals surface area contributed by atoms with E-state index >= 15 is 0 Å². The first-order valence-corrected chi connectivity index (χ1v) is 11.7. The van der Waals surface area contributed by atoms with E-state index in [1.165, 1.54) is 30.3 Å². The highest BCUT2D eigenvalue weighted by atomic mass is 32.2. The van der Waals surface area contributed by atoms with Crippen molar-refractivity contribution in [3.05, 3.63) is 59.2 Å². The van der Waals surface area contributed by atoms with Gasteiger partial charge in [0, 0.05) is 13.0 Å². The van der Waals surface area contributed by atoms with Crippen molar-refractivity contribution < 1.29 is 36.5 Å². The van der Waals surface area contributed by atoms with Gasteiger partial charge in [0.15, 0.2) is 6.61 Å². The Bertz CT molecular complexity index is 1090. The van der Waals surface area contributed by atoms with Crippen molar-refractivity contribution in [2.75, 3.05) is 19.8 Å². The van der Waals surface area contributed by atoms with Gasteiger partial charge in [-0.05, 0) is 68.7 Å². The molecule has 0 unspecified atom stereocenters. The van der Waals surface area contributed by atoms with E-state index in [-0.39, 0.29) is 35.1 Å². The van der Waals surface area contributed by atoms with E-state index in [9.17, 15) is 22.8 Å². The molecule has 0 saturated carbocycles. The van der Waals surface area contributed by atoms with E-state index in [1.54, 1.807) is 32.9 Å². The lowest BCUT2D eigenvalue weighted by Gasteiger charge is -2.10. The maximum absolute atomic E-state index is 12.6. The largest absolute Gasteiger partial charge is 0.466 e. The number of hydrogen-bond acceptors (Lipinski definition) is 8. The predicted octanol–water partition coefficient (Wildman–Crippen LogP) is 2.69. The minimum Gasteiger partial charge on any atom is -0.466 e. The molecule has 2 aromatic carbocycles. The lowest BCUT2D eigenvalue weighted by molar-refractivity contribution is -0.143. The zero-order valence-electron chi connectivity index (χ0n) is 18.8. The van der Waals surface area contributed by atoms with Crippen LogP contribution in [0.4, 0.5) is 0 Å². The van der Waals surface area contributed by atoms with E-state index in [2.05, 4.69) is 5.32 Å². The van der Waals surface area contributed by atoms with Crippen molar-refractivity contribution in [3.63, 3.8) is 0 Å². The summed E-state index contributed by atoms with van der Waals surface area (Å²) in [6.45, 7) is 5.22. The Hall–Kier alpha value is -3.40. The molecule has 0 aliphatic rings. The molecule has 9 nitrogen and oxygen atoms in total. The zero-order chi connectivity index (χ0) is 24.4.